The van der Waals surface area contributed by atoms with Gasteiger partial charge in [-0.05, 0) is 56.8 Å². The standard InChI is InChI=1S/C49H76O16/c1-12-24(2)42-28(6)39(50)45(52)48(65-42)22-33-19-32(64-48)17-16-26(4)41(62-38-21-36(56-10)44(30(8)60-38)63-37-20-35(55-9)40(51)29(7)59-37)25(3)14-13-15-31-23-58-46-43(57-11)27(5)18-34(47(53)61-33)49(31,46)54/h13-16,18,24-25,28-30,32-46,50-52,54H,12,17,19-23H2,1-11H3. The number of aliphatic hydroxyl groups excluding tert-OH is 3. The number of carbonyl (C=O) groups excluding carboxylic acids is 1. The zero-order valence-corrected chi connectivity index (χ0v) is 40.1. The minimum atomic E-state index is -1.80. The third-order valence-electron chi connectivity index (χ3n) is 15.4. The molecule has 0 amide bonds. The van der Waals surface area contributed by atoms with Crippen molar-refractivity contribution in [3.05, 3.63) is 47.1 Å². The van der Waals surface area contributed by atoms with Gasteiger partial charge < -0.3 is 72.5 Å². The Labute approximate surface area is 384 Å². The summed E-state index contributed by atoms with van der Waals surface area (Å²) in [5.74, 6) is -4.06. The molecule has 6 aliphatic heterocycles. The second-order valence-corrected chi connectivity index (χ2v) is 19.7. The lowest BCUT2D eigenvalue weighted by Gasteiger charge is -2.54. The normalized spacial score (nSPS) is 47.9. The van der Waals surface area contributed by atoms with Crippen LogP contribution in [0.3, 0.4) is 0 Å². The van der Waals surface area contributed by atoms with Crippen LogP contribution in [0, 0.1) is 23.7 Å². The Morgan fingerprint density at radius 3 is 2.23 bits per heavy atom. The fourth-order valence-corrected chi connectivity index (χ4v) is 11.3. The maximum atomic E-state index is 14.5. The first kappa shape index (κ1) is 50.7. The fraction of sp³-hybridized carbons (Fsp3) is 0.816. The number of ether oxygens (including phenoxy) is 11. The molecule has 0 aromatic rings. The topological polar surface area (TPSA) is 200 Å². The highest BCUT2D eigenvalue weighted by Crippen LogP contribution is 2.49. The minimum absolute atomic E-state index is 0.0259. The first-order valence-corrected chi connectivity index (χ1v) is 23.8. The summed E-state index contributed by atoms with van der Waals surface area (Å²) in [6, 6.07) is 0. The number of aliphatic hydroxyl groups is 4. The zero-order chi connectivity index (χ0) is 47.1. The van der Waals surface area contributed by atoms with Crippen molar-refractivity contribution in [3.63, 3.8) is 0 Å². The summed E-state index contributed by atoms with van der Waals surface area (Å²) in [5, 5.41) is 46.7. The van der Waals surface area contributed by atoms with Crippen LogP contribution in [0.5, 0.6) is 0 Å². The van der Waals surface area contributed by atoms with Gasteiger partial charge in [0.2, 0.25) is 5.79 Å². The van der Waals surface area contributed by atoms with Crippen molar-refractivity contribution >= 4 is 5.97 Å². The van der Waals surface area contributed by atoms with Crippen LogP contribution in [0.4, 0.5) is 0 Å². The van der Waals surface area contributed by atoms with E-state index in [4.69, 9.17) is 52.1 Å². The Hall–Kier alpha value is -2.13. The van der Waals surface area contributed by atoms with Crippen molar-refractivity contribution in [2.75, 3.05) is 27.9 Å². The van der Waals surface area contributed by atoms with Gasteiger partial charge >= 0.3 is 5.97 Å². The lowest BCUT2D eigenvalue weighted by molar-refractivity contribution is -0.390. The number of carbonyl (C=O) groups is 1. The molecule has 2 bridgehead atoms. The van der Waals surface area contributed by atoms with E-state index in [1.807, 2.05) is 59.8 Å². The Morgan fingerprint density at radius 2 is 1.54 bits per heavy atom. The van der Waals surface area contributed by atoms with Crippen LogP contribution in [0.15, 0.2) is 47.1 Å². The molecule has 1 aliphatic carbocycles. The Kier molecular flexibility index (Phi) is 16.3. The van der Waals surface area contributed by atoms with Crippen LogP contribution < -0.4 is 0 Å². The van der Waals surface area contributed by atoms with Gasteiger partial charge in [0, 0.05) is 58.8 Å². The molecule has 5 saturated heterocycles. The highest BCUT2D eigenvalue weighted by Gasteiger charge is 2.62. The largest absolute Gasteiger partial charge is 0.462 e. The average Bonchev–Trinajstić information content (AvgIpc) is 3.61. The molecule has 0 aromatic carbocycles. The molecule has 4 N–H and O–H groups in total. The second-order valence-electron chi connectivity index (χ2n) is 19.7. The summed E-state index contributed by atoms with van der Waals surface area (Å²) in [6.07, 6.45) is 0.577. The molecule has 1 spiro atoms. The molecule has 6 heterocycles. The van der Waals surface area contributed by atoms with E-state index in [1.165, 1.54) is 0 Å². The summed E-state index contributed by atoms with van der Waals surface area (Å²) in [6.45, 7) is 15.6. The molecule has 22 atom stereocenters. The van der Waals surface area contributed by atoms with E-state index in [-0.39, 0.29) is 37.2 Å². The molecule has 0 radical (unpaired) electrons. The number of hydrogen-bond donors (Lipinski definition) is 4. The summed E-state index contributed by atoms with van der Waals surface area (Å²) in [5.41, 5.74) is 0.313. The molecular weight excluding hydrogens is 845 g/mol. The van der Waals surface area contributed by atoms with E-state index in [0.717, 1.165) is 17.6 Å². The van der Waals surface area contributed by atoms with Gasteiger partial charge in [0.05, 0.1) is 55.4 Å². The third kappa shape index (κ3) is 10.0. The van der Waals surface area contributed by atoms with Gasteiger partial charge in [0.25, 0.3) is 0 Å². The van der Waals surface area contributed by atoms with E-state index in [2.05, 4.69) is 6.92 Å². The lowest BCUT2D eigenvalue weighted by atomic mass is 9.70. The smallest absolute Gasteiger partial charge is 0.316 e. The minimum Gasteiger partial charge on any atom is -0.462 e. The number of esters is 1. The van der Waals surface area contributed by atoms with E-state index in [9.17, 15) is 25.2 Å². The number of hydrogen-bond acceptors (Lipinski definition) is 16. The Bertz CT molecular complexity index is 1770. The highest BCUT2D eigenvalue weighted by molar-refractivity contribution is 5.78. The molecule has 368 valence electrons. The maximum absolute atomic E-state index is 14.5. The van der Waals surface area contributed by atoms with Crippen molar-refractivity contribution in [1.29, 1.82) is 0 Å². The predicted octanol–water partition coefficient (Wildman–Crippen LogP) is 4.20. The maximum Gasteiger partial charge on any atom is 0.316 e. The number of allylic oxidation sites excluding steroid dienone is 2. The van der Waals surface area contributed by atoms with Gasteiger partial charge in [-0.15, -0.1) is 0 Å². The number of methoxy groups -OCH3 is 3. The van der Waals surface area contributed by atoms with Gasteiger partial charge in [-0.25, -0.2) is 0 Å². The van der Waals surface area contributed by atoms with Crippen LogP contribution in [0.25, 0.3) is 0 Å². The van der Waals surface area contributed by atoms with Crippen LogP contribution >= 0.6 is 0 Å². The zero-order valence-electron chi connectivity index (χ0n) is 40.1. The third-order valence-corrected chi connectivity index (χ3v) is 15.4. The Morgan fingerprint density at radius 1 is 0.846 bits per heavy atom. The average molecular weight is 921 g/mol. The van der Waals surface area contributed by atoms with Gasteiger partial charge in [-0.2, -0.15) is 0 Å². The van der Waals surface area contributed by atoms with E-state index < -0.39 is 121 Å². The molecule has 0 saturated carbocycles. The van der Waals surface area contributed by atoms with Crippen LogP contribution in [-0.4, -0.2) is 164 Å². The van der Waals surface area contributed by atoms with Crippen LogP contribution in [0.2, 0.25) is 0 Å². The van der Waals surface area contributed by atoms with Crippen molar-refractivity contribution in [2.24, 2.45) is 23.7 Å². The molecule has 16 nitrogen and oxygen atoms in total. The second kappa shape index (κ2) is 20.8. The molecule has 22 unspecified atom stereocenters. The first-order chi connectivity index (χ1) is 30.9. The highest BCUT2D eigenvalue weighted by atomic mass is 16.7. The van der Waals surface area contributed by atoms with Crippen molar-refractivity contribution in [2.45, 2.75) is 203 Å². The van der Waals surface area contributed by atoms with Gasteiger partial charge in [-0.3, -0.25) is 4.79 Å². The SMILES string of the molecule is CCC(C)C1OC2(CC3CC(CC=C(C)C(OC4CC(OC)C(OC5CC(OC)C(O)C(C)O5)C(C)O4)C(C)C=CC=C4COC5C(OC)C(C)=CC(C(=O)O3)C45O)O2)C(O)C(O)C1C. The molecule has 0 aromatic heterocycles. The molecule has 5 fully saturated rings. The van der Waals surface area contributed by atoms with Crippen LogP contribution in [-0.2, 0) is 56.9 Å². The Balaban J connectivity index is 1.21. The van der Waals surface area contributed by atoms with E-state index in [1.54, 1.807) is 40.4 Å². The molecule has 65 heavy (non-hydrogen) atoms. The fourth-order valence-electron chi connectivity index (χ4n) is 11.3. The summed E-state index contributed by atoms with van der Waals surface area (Å²) in [4.78, 5) is 14.5. The molecular formula is C49H76O16. The van der Waals surface area contributed by atoms with Gasteiger partial charge in [-0.1, -0.05) is 64.5 Å². The molecule has 7 rings (SSSR count). The van der Waals surface area contributed by atoms with E-state index in [0.29, 0.717) is 24.8 Å². The number of fused-ring (bicyclic) bond motifs is 2. The molecule has 7 aliphatic rings. The van der Waals surface area contributed by atoms with Crippen molar-refractivity contribution in [1.82, 2.24) is 0 Å². The van der Waals surface area contributed by atoms with Crippen molar-refractivity contribution in [3.8, 4) is 0 Å². The quantitative estimate of drug-likeness (QED) is 0.189. The monoisotopic (exact) mass is 921 g/mol. The number of rotatable bonds is 9. The van der Waals surface area contributed by atoms with Crippen molar-refractivity contribution < 1.29 is 77.3 Å². The summed E-state index contributed by atoms with van der Waals surface area (Å²) >= 11 is 0. The summed E-state index contributed by atoms with van der Waals surface area (Å²) < 4.78 is 69.5. The summed E-state index contributed by atoms with van der Waals surface area (Å²) in [7, 11) is 4.74. The molecule has 16 heteroatoms. The van der Waals surface area contributed by atoms with E-state index >= 15 is 0 Å². The predicted molar refractivity (Wildman–Crippen MR) is 235 cm³/mol. The first-order valence-electron chi connectivity index (χ1n) is 23.8. The van der Waals surface area contributed by atoms with Crippen LogP contribution in [0.1, 0.15) is 93.9 Å². The van der Waals surface area contributed by atoms with Gasteiger partial charge in [0.15, 0.2) is 12.6 Å². The van der Waals surface area contributed by atoms with Gasteiger partial charge in [0.1, 0.15) is 48.1 Å². The lowest BCUT2D eigenvalue weighted by Crippen LogP contribution is -2.67.